The van der Waals surface area contributed by atoms with Crippen LogP contribution in [0.1, 0.15) is 34.8 Å². The molecule has 5 N–H and O–H groups in total. The van der Waals surface area contributed by atoms with E-state index >= 15 is 0 Å². The van der Waals surface area contributed by atoms with Crippen molar-refractivity contribution in [1.82, 2.24) is 5.32 Å². The Kier molecular flexibility index (Phi) is 8.23. The summed E-state index contributed by atoms with van der Waals surface area (Å²) in [5, 5.41) is 24.6. The second-order valence-corrected chi connectivity index (χ2v) is 8.33. The van der Waals surface area contributed by atoms with Gasteiger partial charge in [-0.2, -0.15) is 0 Å². The molecule has 176 valence electrons. The van der Waals surface area contributed by atoms with E-state index in [0.29, 0.717) is 21.7 Å². The number of nitrogens with two attached hydrogens (primary N) is 1. The molecule has 3 atom stereocenters. The van der Waals surface area contributed by atoms with Gasteiger partial charge in [-0.1, -0.05) is 79.2 Å². The Morgan fingerprint density at radius 2 is 1.65 bits per heavy atom. The second kappa shape index (κ2) is 11.1. The zero-order chi connectivity index (χ0) is 24.7. The highest BCUT2D eigenvalue weighted by molar-refractivity contribution is 6.32. The van der Waals surface area contributed by atoms with Crippen LogP contribution in [0.5, 0.6) is 5.75 Å². The number of carbonyl (C=O) groups excluding carboxylic acids is 2. The van der Waals surface area contributed by atoms with E-state index < -0.39 is 29.4 Å². The first-order valence-corrected chi connectivity index (χ1v) is 11.2. The van der Waals surface area contributed by atoms with Gasteiger partial charge in [0.1, 0.15) is 11.4 Å². The average Bonchev–Trinajstić information content (AvgIpc) is 2.86. The fourth-order valence-electron chi connectivity index (χ4n) is 3.78. The van der Waals surface area contributed by atoms with E-state index in [0.717, 1.165) is 0 Å². The predicted octanol–water partition coefficient (Wildman–Crippen LogP) is 4.05. The van der Waals surface area contributed by atoms with Crippen molar-refractivity contribution >= 4 is 29.4 Å². The maximum atomic E-state index is 13.2. The van der Waals surface area contributed by atoms with Crippen molar-refractivity contribution in [3.8, 4) is 5.75 Å². The van der Waals surface area contributed by atoms with Crippen molar-refractivity contribution in [3.05, 3.63) is 107 Å². The molecule has 0 saturated heterocycles. The van der Waals surface area contributed by atoms with Gasteiger partial charge in [0.15, 0.2) is 5.78 Å². The third kappa shape index (κ3) is 5.72. The van der Waals surface area contributed by atoms with Crippen LogP contribution in [-0.2, 0) is 10.4 Å². The number of rotatable bonds is 9. The molecule has 0 radical (unpaired) electrons. The molecule has 0 aromatic heterocycles. The molecule has 0 aliphatic rings. The number of benzene rings is 3. The van der Waals surface area contributed by atoms with Gasteiger partial charge in [-0.25, -0.2) is 0 Å². The van der Waals surface area contributed by atoms with Crippen molar-refractivity contribution in [2.75, 3.05) is 0 Å². The summed E-state index contributed by atoms with van der Waals surface area (Å²) in [6.45, 7) is 1.73. The average molecular weight is 479 g/mol. The van der Waals surface area contributed by atoms with Crippen LogP contribution in [0.15, 0.2) is 84.9 Å². The number of hydrogen-bond acceptors (Lipinski definition) is 5. The van der Waals surface area contributed by atoms with E-state index in [4.69, 9.17) is 17.3 Å². The molecule has 3 aromatic rings. The predicted molar refractivity (Wildman–Crippen MR) is 133 cm³/mol. The molecule has 3 unspecified atom stereocenters. The van der Waals surface area contributed by atoms with Crippen LogP contribution >= 0.6 is 11.6 Å². The Morgan fingerprint density at radius 3 is 2.26 bits per heavy atom. The smallest absolute Gasteiger partial charge is 0.244 e. The van der Waals surface area contributed by atoms with Crippen molar-refractivity contribution in [1.29, 1.82) is 0 Å². The van der Waals surface area contributed by atoms with E-state index in [9.17, 15) is 19.8 Å². The number of phenols is 1. The number of carbonyl (C=O) groups is 2. The molecule has 0 saturated carbocycles. The summed E-state index contributed by atoms with van der Waals surface area (Å²) in [6.07, 6.45) is 2.97. The highest BCUT2D eigenvalue weighted by Crippen LogP contribution is 2.32. The van der Waals surface area contributed by atoms with Crippen LogP contribution in [0.25, 0.3) is 6.08 Å². The monoisotopic (exact) mass is 478 g/mol. The lowest BCUT2D eigenvalue weighted by atomic mass is 9.78. The van der Waals surface area contributed by atoms with E-state index in [-0.39, 0.29) is 12.2 Å². The summed E-state index contributed by atoms with van der Waals surface area (Å²) in [6, 6.07) is 19.0. The molecule has 3 aromatic carbocycles. The van der Waals surface area contributed by atoms with Crippen LogP contribution in [0.3, 0.4) is 0 Å². The number of aromatic hydroxyl groups is 1. The summed E-state index contributed by atoms with van der Waals surface area (Å²) in [5.41, 5.74) is 6.11. The van der Waals surface area contributed by atoms with Gasteiger partial charge in [0.25, 0.3) is 0 Å². The summed E-state index contributed by atoms with van der Waals surface area (Å²) in [4.78, 5) is 26.1. The molecule has 34 heavy (non-hydrogen) atoms. The Hall–Kier alpha value is -3.45. The number of halogens is 1. The van der Waals surface area contributed by atoms with Crippen LogP contribution in [0, 0.1) is 0 Å². The van der Waals surface area contributed by atoms with Gasteiger partial charge < -0.3 is 21.3 Å². The number of phenolic OH excluding ortho intramolecular Hbond substituents is 1. The zero-order valence-electron chi connectivity index (χ0n) is 18.7. The second-order valence-electron chi connectivity index (χ2n) is 7.92. The van der Waals surface area contributed by atoms with Gasteiger partial charge in [-0.15, -0.1) is 0 Å². The van der Waals surface area contributed by atoms with Crippen LogP contribution < -0.4 is 11.1 Å². The third-order valence-electron chi connectivity index (χ3n) is 5.76. The lowest BCUT2D eigenvalue weighted by Gasteiger charge is -2.39. The Balaban J connectivity index is 1.96. The first kappa shape index (κ1) is 25.2. The normalized spacial score (nSPS) is 14.8. The maximum absolute atomic E-state index is 13.2. The van der Waals surface area contributed by atoms with Crippen molar-refractivity contribution < 1.29 is 19.8 Å². The largest absolute Gasteiger partial charge is 0.508 e. The quantitative estimate of drug-likeness (QED) is 0.274. The topological polar surface area (TPSA) is 113 Å². The fraction of sp³-hybridized carbons (Fsp3) is 0.185. The number of aliphatic hydroxyl groups is 1. The molecule has 0 bridgehead atoms. The first-order valence-electron chi connectivity index (χ1n) is 10.9. The lowest BCUT2D eigenvalue weighted by molar-refractivity contribution is -0.120. The summed E-state index contributed by atoms with van der Waals surface area (Å²) >= 11 is 6.15. The maximum Gasteiger partial charge on any atom is 0.244 e. The van der Waals surface area contributed by atoms with Crippen molar-refractivity contribution in [3.63, 3.8) is 0 Å². The van der Waals surface area contributed by atoms with E-state index in [1.165, 1.54) is 30.3 Å². The van der Waals surface area contributed by atoms with Gasteiger partial charge in [-0.05, 0) is 41.8 Å². The van der Waals surface area contributed by atoms with Crippen molar-refractivity contribution in [2.24, 2.45) is 5.73 Å². The molecular formula is C27H27ClN2O4. The first-order chi connectivity index (χ1) is 16.3. The van der Waals surface area contributed by atoms with E-state index in [1.807, 2.05) is 0 Å². The number of nitrogens with one attached hydrogen (secondary N) is 1. The molecule has 0 aliphatic heterocycles. The number of amides is 1. The van der Waals surface area contributed by atoms with E-state index in [2.05, 4.69) is 5.32 Å². The molecule has 7 heteroatoms. The summed E-state index contributed by atoms with van der Waals surface area (Å²) in [5.74, 6) is -0.950. The Morgan fingerprint density at radius 1 is 1.03 bits per heavy atom. The van der Waals surface area contributed by atoms with Gasteiger partial charge in [0.05, 0.1) is 12.1 Å². The van der Waals surface area contributed by atoms with Crippen LogP contribution in [-0.4, -0.2) is 34.0 Å². The number of ketones is 1. The summed E-state index contributed by atoms with van der Waals surface area (Å²) < 4.78 is 0. The highest BCUT2D eigenvalue weighted by Gasteiger charge is 2.44. The van der Waals surface area contributed by atoms with Gasteiger partial charge >= 0.3 is 0 Å². The lowest BCUT2D eigenvalue weighted by Crippen LogP contribution is -2.61. The SMILES string of the molecule is CCC(O)(c1ccc(O)cc1)C(NC(=O)C=Cc1ccccc1Cl)C(N)C(=O)c1ccccc1. The molecule has 0 fully saturated rings. The Bertz CT molecular complexity index is 1160. The molecular weight excluding hydrogens is 452 g/mol. The fourth-order valence-corrected chi connectivity index (χ4v) is 3.98. The highest BCUT2D eigenvalue weighted by atomic mass is 35.5. The van der Waals surface area contributed by atoms with E-state index in [1.54, 1.807) is 67.6 Å². The van der Waals surface area contributed by atoms with Crippen LogP contribution in [0.4, 0.5) is 0 Å². The molecule has 1 amide bonds. The van der Waals surface area contributed by atoms with Gasteiger partial charge in [0, 0.05) is 16.7 Å². The summed E-state index contributed by atoms with van der Waals surface area (Å²) in [7, 11) is 0. The zero-order valence-corrected chi connectivity index (χ0v) is 19.4. The minimum Gasteiger partial charge on any atom is -0.508 e. The van der Waals surface area contributed by atoms with Gasteiger partial charge in [-0.3, -0.25) is 9.59 Å². The minimum absolute atomic E-state index is 0.0233. The van der Waals surface area contributed by atoms with Crippen molar-refractivity contribution in [2.45, 2.75) is 31.0 Å². The minimum atomic E-state index is -1.69. The molecule has 0 spiro atoms. The molecule has 0 heterocycles. The molecule has 3 rings (SSSR count). The standard InChI is InChI=1S/C27H27ClN2O4/c1-2-27(34,20-13-15-21(31)16-14-20)26(24(29)25(33)19-9-4-3-5-10-19)30-23(32)17-12-18-8-6-7-11-22(18)28/h3-17,24,26,31,34H,2,29H2,1H3,(H,30,32). The Labute approximate surface area is 203 Å². The molecule has 6 nitrogen and oxygen atoms in total. The van der Waals surface area contributed by atoms with Crippen LogP contribution in [0.2, 0.25) is 5.02 Å². The number of Topliss-reactive ketones (excluding diaryl/α,β-unsaturated/α-hetero) is 1. The number of hydrogen-bond donors (Lipinski definition) is 4. The van der Waals surface area contributed by atoms with Gasteiger partial charge in [0.2, 0.25) is 5.91 Å². The third-order valence-corrected chi connectivity index (χ3v) is 6.10. The molecule has 0 aliphatic carbocycles.